The van der Waals surface area contributed by atoms with Gasteiger partial charge >= 0.3 is 5.97 Å². The summed E-state index contributed by atoms with van der Waals surface area (Å²) in [5, 5.41) is 20.5. The van der Waals surface area contributed by atoms with Crippen molar-refractivity contribution in [3.63, 3.8) is 0 Å². The number of carboxylic acid groups (broad SMARTS) is 1. The molecule has 178 valence electrons. The second-order valence-electron chi connectivity index (χ2n) is 8.07. The first-order valence-electron chi connectivity index (χ1n) is 11.1. The van der Waals surface area contributed by atoms with Crippen LogP contribution in [0.1, 0.15) is 16.7 Å². The van der Waals surface area contributed by atoms with Crippen molar-refractivity contribution in [1.82, 2.24) is 0 Å². The van der Waals surface area contributed by atoms with Crippen molar-refractivity contribution in [2.75, 3.05) is 0 Å². The van der Waals surface area contributed by atoms with E-state index in [1.165, 1.54) is 0 Å². The van der Waals surface area contributed by atoms with Crippen LogP contribution in [-0.4, -0.2) is 46.9 Å². The molecule has 0 saturated carbocycles. The van der Waals surface area contributed by atoms with Gasteiger partial charge < -0.3 is 29.2 Å². The minimum Gasteiger partial charge on any atom is -0.479 e. The van der Waals surface area contributed by atoms with Crippen LogP contribution >= 0.6 is 0 Å². The van der Waals surface area contributed by atoms with Gasteiger partial charge in [0.05, 0.1) is 19.8 Å². The summed E-state index contributed by atoms with van der Waals surface area (Å²) < 4.78 is 23.7. The Hall–Kier alpha value is -3.07. The van der Waals surface area contributed by atoms with Crippen LogP contribution in [0.15, 0.2) is 91.0 Å². The van der Waals surface area contributed by atoms with Crippen LogP contribution in [-0.2, 0) is 43.6 Å². The quantitative estimate of drug-likeness (QED) is 0.474. The number of hydrogen-bond acceptors (Lipinski definition) is 6. The molecule has 7 nitrogen and oxygen atoms in total. The summed E-state index contributed by atoms with van der Waals surface area (Å²) >= 11 is 0. The van der Waals surface area contributed by atoms with Crippen molar-refractivity contribution in [3.05, 3.63) is 108 Å². The second-order valence-corrected chi connectivity index (χ2v) is 8.07. The van der Waals surface area contributed by atoms with Gasteiger partial charge in [0.25, 0.3) is 0 Å². The molecule has 1 saturated heterocycles. The first-order valence-corrected chi connectivity index (χ1v) is 11.1. The Morgan fingerprint density at radius 2 is 1.03 bits per heavy atom. The largest absolute Gasteiger partial charge is 0.479 e. The van der Waals surface area contributed by atoms with Crippen molar-refractivity contribution >= 4 is 5.97 Å². The first-order chi connectivity index (χ1) is 16.6. The molecule has 5 atom stereocenters. The van der Waals surface area contributed by atoms with Crippen molar-refractivity contribution in [2.45, 2.75) is 50.5 Å². The van der Waals surface area contributed by atoms with Crippen LogP contribution in [0, 0.1) is 0 Å². The van der Waals surface area contributed by atoms with Crippen molar-refractivity contribution in [3.8, 4) is 0 Å². The van der Waals surface area contributed by atoms with E-state index in [9.17, 15) is 15.0 Å². The Morgan fingerprint density at radius 3 is 1.44 bits per heavy atom. The van der Waals surface area contributed by atoms with E-state index in [4.69, 9.17) is 18.9 Å². The number of aliphatic hydroxyl groups excluding tert-OH is 1. The molecular formula is C27H28O7. The molecule has 0 aliphatic carbocycles. The molecule has 3 aromatic rings. The van der Waals surface area contributed by atoms with Gasteiger partial charge in [-0.1, -0.05) is 91.0 Å². The van der Waals surface area contributed by atoms with Crippen molar-refractivity contribution < 1.29 is 34.0 Å². The van der Waals surface area contributed by atoms with Gasteiger partial charge in [-0.25, -0.2) is 4.79 Å². The number of ether oxygens (including phenoxy) is 4. The second kappa shape index (κ2) is 11.9. The zero-order valence-corrected chi connectivity index (χ0v) is 18.6. The molecule has 7 heteroatoms. The zero-order valence-electron chi connectivity index (χ0n) is 18.6. The van der Waals surface area contributed by atoms with Crippen LogP contribution in [0.4, 0.5) is 0 Å². The molecule has 0 aromatic heterocycles. The fraction of sp³-hybridized carbons (Fsp3) is 0.296. The highest BCUT2D eigenvalue weighted by atomic mass is 16.7. The van der Waals surface area contributed by atoms with Gasteiger partial charge in [0.15, 0.2) is 12.4 Å². The smallest absolute Gasteiger partial charge is 0.335 e. The normalized spacial score (nSPS) is 24.6. The predicted molar refractivity (Wildman–Crippen MR) is 124 cm³/mol. The third-order valence-corrected chi connectivity index (χ3v) is 5.61. The lowest BCUT2D eigenvalue weighted by molar-refractivity contribution is -0.308. The number of carbonyl (C=O) groups is 1. The number of aliphatic carboxylic acids is 1. The molecule has 1 heterocycles. The maximum atomic E-state index is 12.0. The van der Waals surface area contributed by atoms with Crippen LogP contribution in [0.3, 0.4) is 0 Å². The Balaban J connectivity index is 1.57. The highest BCUT2D eigenvalue weighted by Gasteiger charge is 2.50. The van der Waals surface area contributed by atoms with E-state index < -0.39 is 36.7 Å². The molecule has 3 aromatic carbocycles. The molecule has 4 rings (SSSR count). The van der Waals surface area contributed by atoms with E-state index in [0.717, 1.165) is 16.7 Å². The van der Waals surface area contributed by atoms with Gasteiger partial charge in [-0.15, -0.1) is 0 Å². The molecule has 1 aliphatic rings. The van der Waals surface area contributed by atoms with E-state index in [-0.39, 0.29) is 19.8 Å². The van der Waals surface area contributed by atoms with E-state index in [0.29, 0.717) is 0 Å². The van der Waals surface area contributed by atoms with E-state index in [2.05, 4.69) is 0 Å². The van der Waals surface area contributed by atoms with Crippen LogP contribution in [0.25, 0.3) is 0 Å². The van der Waals surface area contributed by atoms with E-state index >= 15 is 0 Å². The van der Waals surface area contributed by atoms with Gasteiger partial charge in [-0.3, -0.25) is 0 Å². The first kappa shape index (κ1) is 24.1. The summed E-state index contributed by atoms with van der Waals surface area (Å²) in [6.07, 6.45) is -5.78. The van der Waals surface area contributed by atoms with Gasteiger partial charge in [-0.2, -0.15) is 0 Å². The summed E-state index contributed by atoms with van der Waals surface area (Å²) in [6.45, 7) is 0.548. The van der Waals surface area contributed by atoms with E-state index in [1.807, 2.05) is 91.0 Å². The van der Waals surface area contributed by atoms with Crippen molar-refractivity contribution in [2.24, 2.45) is 0 Å². The fourth-order valence-electron chi connectivity index (χ4n) is 3.87. The highest BCUT2D eigenvalue weighted by Crippen LogP contribution is 2.29. The average Bonchev–Trinajstić information content (AvgIpc) is 2.87. The zero-order chi connectivity index (χ0) is 23.8. The van der Waals surface area contributed by atoms with Crippen LogP contribution in [0.2, 0.25) is 0 Å². The monoisotopic (exact) mass is 464 g/mol. The average molecular weight is 465 g/mol. The molecule has 0 spiro atoms. The Kier molecular flexibility index (Phi) is 8.41. The number of rotatable bonds is 10. The number of aliphatic hydroxyl groups is 1. The lowest BCUT2D eigenvalue weighted by atomic mass is 9.97. The number of benzene rings is 3. The number of carboxylic acids is 1. The Labute approximate surface area is 198 Å². The molecule has 0 radical (unpaired) electrons. The molecule has 1 fully saturated rings. The number of hydrogen-bond donors (Lipinski definition) is 2. The lowest BCUT2D eigenvalue weighted by Crippen LogP contribution is -2.62. The lowest BCUT2D eigenvalue weighted by Gasteiger charge is -2.43. The third kappa shape index (κ3) is 6.28. The van der Waals surface area contributed by atoms with Crippen molar-refractivity contribution in [1.29, 1.82) is 0 Å². The third-order valence-electron chi connectivity index (χ3n) is 5.61. The molecule has 2 N–H and O–H groups in total. The molecule has 34 heavy (non-hydrogen) atoms. The topological polar surface area (TPSA) is 94.5 Å². The molecule has 0 bridgehead atoms. The summed E-state index contributed by atoms with van der Waals surface area (Å²) in [5.41, 5.74) is 2.68. The van der Waals surface area contributed by atoms with Crippen LogP contribution < -0.4 is 0 Å². The van der Waals surface area contributed by atoms with Crippen LogP contribution in [0.5, 0.6) is 0 Å². The van der Waals surface area contributed by atoms with E-state index in [1.54, 1.807) is 0 Å². The maximum Gasteiger partial charge on any atom is 0.335 e. The fourth-order valence-corrected chi connectivity index (χ4v) is 3.87. The minimum absolute atomic E-state index is 0.158. The minimum atomic E-state index is -1.50. The Morgan fingerprint density at radius 1 is 0.647 bits per heavy atom. The molecular weight excluding hydrogens is 436 g/mol. The standard InChI is InChI=1S/C27H28O7/c28-26(29)24-22(31-16-19-10-4-1-5-11-19)23(32-17-20-12-6-2-7-13-20)25(27(30)34-24)33-18-21-14-8-3-9-15-21/h1-15,22-25,27,30H,16-18H2,(H,28,29)/t22-,23-,24-,25-,27-/m0/s1. The van der Waals surface area contributed by atoms with Gasteiger partial charge in [0.2, 0.25) is 0 Å². The molecule has 1 aliphatic heterocycles. The molecule has 0 amide bonds. The van der Waals surface area contributed by atoms with Gasteiger partial charge in [-0.05, 0) is 16.7 Å². The van der Waals surface area contributed by atoms with Gasteiger partial charge in [0.1, 0.15) is 18.3 Å². The maximum absolute atomic E-state index is 12.0. The summed E-state index contributed by atoms with van der Waals surface area (Å²) in [4.78, 5) is 12.0. The summed E-state index contributed by atoms with van der Waals surface area (Å²) in [6, 6.07) is 28.4. The Bertz CT molecular complexity index is 1010. The summed E-state index contributed by atoms with van der Waals surface area (Å²) in [5.74, 6) is -1.24. The van der Waals surface area contributed by atoms with Gasteiger partial charge in [0, 0.05) is 0 Å². The predicted octanol–water partition coefficient (Wildman–Crippen LogP) is 3.54. The SMILES string of the molecule is O=C(O)[C@H]1O[C@H](O)[C@@H](OCc2ccccc2)[C@@H](OCc2ccccc2)[C@@H]1OCc1ccccc1. The highest BCUT2D eigenvalue weighted by molar-refractivity contribution is 5.73. The summed E-state index contributed by atoms with van der Waals surface area (Å²) in [7, 11) is 0. The molecule has 0 unspecified atom stereocenters.